The van der Waals surface area contributed by atoms with Crippen LogP contribution in [0.15, 0.2) is 24.3 Å². The molecule has 0 saturated carbocycles. The number of urea groups is 1. The summed E-state index contributed by atoms with van der Waals surface area (Å²) in [5.74, 6) is 0.721. The predicted octanol–water partition coefficient (Wildman–Crippen LogP) is 2.23. The highest BCUT2D eigenvalue weighted by molar-refractivity contribution is 8.13. The fourth-order valence-corrected chi connectivity index (χ4v) is 2.24. The summed E-state index contributed by atoms with van der Waals surface area (Å²) in [6.45, 7) is 1.14. The number of ether oxygens (including phenoxy) is 1. The van der Waals surface area contributed by atoms with Gasteiger partial charge in [-0.05, 0) is 18.4 Å². The Morgan fingerprint density at radius 2 is 2.22 bits per heavy atom. The monoisotopic (exact) mass is 265 g/mol. The van der Waals surface area contributed by atoms with Crippen molar-refractivity contribution in [3.05, 3.63) is 24.3 Å². The van der Waals surface area contributed by atoms with Crippen LogP contribution in [0, 0.1) is 5.41 Å². The second-order valence-electron chi connectivity index (χ2n) is 3.80. The maximum Gasteiger partial charge on any atom is 0.330 e. The van der Waals surface area contributed by atoms with Crippen molar-refractivity contribution in [3.63, 3.8) is 0 Å². The number of carbonyl (C=O) groups excluding carboxylic acids is 1. The molecule has 1 saturated heterocycles. The molecule has 0 aliphatic carbocycles. The molecule has 1 aliphatic heterocycles. The lowest BCUT2D eigenvalue weighted by molar-refractivity contribution is 0.238. The van der Waals surface area contributed by atoms with Gasteiger partial charge in [-0.25, -0.2) is 4.79 Å². The predicted molar refractivity (Wildman–Crippen MR) is 73.7 cm³/mol. The Labute approximate surface area is 110 Å². The summed E-state index contributed by atoms with van der Waals surface area (Å²) in [6, 6.07) is 7.23. The Kier molecular flexibility index (Phi) is 3.76. The molecular formula is C12H15N3O2S. The van der Waals surface area contributed by atoms with Crippen molar-refractivity contribution < 1.29 is 9.53 Å². The number of benzene rings is 1. The quantitative estimate of drug-likeness (QED) is 0.659. The number of methoxy groups -OCH3 is 1. The zero-order valence-electron chi connectivity index (χ0n) is 10.3. The molecule has 0 bridgehead atoms. The van der Waals surface area contributed by atoms with Crippen LogP contribution in [0.4, 0.5) is 10.5 Å². The molecule has 0 aromatic heterocycles. The third kappa shape index (κ3) is 2.28. The number of thioether (sulfide) groups is 1. The van der Waals surface area contributed by atoms with Gasteiger partial charge < -0.3 is 4.74 Å². The number of nitrogens with one attached hydrogen (secondary N) is 1. The van der Waals surface area contributed by atoms with Gasteiger partial charge in [0.1, 0.15) is 5.75 Å². The minimum atomic E-state index is -0.150. The van der Waals surface area contributed by atoms with E-state index in [-0.39, 0.29) is 11.2 Å². The van der Waals surface area contributed by atoms with Crippen molar-refractivity contribution in [1.29, 1.82) is 5.41 Å². The number of anilines is 1. The number of amides is 2. The van der Waals surface area contributed by atoms with Crippen molar-refractivity contribution in [2.24, 2.45) is 0 Å². The van der Waals surface area contributed by atoms with Gasteiger partial charge in [0, 0.05) is 24.8 Å². The zero-order chi connectivity index (χ0) is 13.1. The van der Waals surface area contributed by atoms with E-state index in [4.69, 9.17) is 10.1 Å². The average molecular weight is 265 g/mol. The van der Waals surface area contributed by atoms with E-state index in [1.807, 2.05) is 24.3 Å². The number of hydrogen-bond acceptors (Lipinski definition) is 4. The van der Waals surface area contributed by atoms with Crippen LogP contribution in [-0.4, -0.2) is 42.6 Å². The first kappa shape index (κ1) is 12.8. The Bertz CT molecular complexity index is 478. The molecule has 0 unspecified atom stereocenters. The summed E-state index contributed by atoms with van der Waals surface area (Å²) < 4.78 is 5.15. The van der Waals surface area contributed by atoms with Gasteiger partial charge in [0.25, 0.3) is 0 Å². The number of amidine groups is 1. The van der Waals surface area contributed by atoms with Crippen LogP contribution in [0.25, 0.3) is 0 Å². The minimum absolute atomic E-state index is 0.150. The standard InChI is InChI=1S/C12H15N3O2S/c1-17-10-5-3-4-9(8-10)14-6-7-15(12(14)16)11(13)18-2/h3-5,8,13H,6-7H2,1-2H3. The van der Waals surface area contributed by atoms with Crippen LogP contribution >= 0.6 is 11.8 Å². The normalized spacial score (nSPS) is 15.1. The van der Waals surface area contributed by atoms with E-state index in [1.165, 1.54) is 16.7 Å². The first-order chi connectivity index (χ1) is 8.67. The fraction of sp³-hybridized carbons (Fsp3) is 0.333. The number of carbonyl (C=O) groups is 1. The van der Waals surface area contributed by atoms with E-state index < -0.39 is 0 Å². The van der Waals surface area contributed by atoms with E-state index in [9.17, 15) is 4.79 Å². The molecule has 1 aliphatic rings. The summed E-state index contributed by atoms with van der Waals surface area (Å²) in [7, 11) is 1.60. The first-order valence-corrected chi connectivity index (χ1v) is 6.75. The average Bonchev–Trinajstić information content (AvgIpc) is 2.80. The van der Waals surface area contributed by atoms with Gasteiger partial charge in [0.2, 0.25) is 0 Å². The van der Waals surface area contributed by atoms with Crippen molar-refractivity contribution in [3.8, 4) is 5.75 Å². The second-order valence-corrected chi connectivity index (χ2v) is 4.59. The summed E-state index contributed by atoms with van der Waals surface area (Å²) in [4.78, 5) is 15.3. The third-order valence-electron chi connectivity index (χ3n) is 2.81. The van der Waals surface area contributed by atoms with Gasteiger partial charge in [0.05, 0.1) is 7.11 Å². The second kappa shape index (κ2) is 5.30. The Morgan fingerprint density at radius 3 is 2.89 bits per heavy atom. The van der Waals surface area contributed by atoms with Crippen molar-refractivity contribution in [1.82, 2.24) is 4.90 Å². The van der Waals surface area contributed by atoms with E-state index in [0.717, 1.165) is 11.4 Å². The van der Waals surface area contributed by atoms with Crippen molar-refractivity contribution >= 4 is 28.6 Å². The highest BCUT2D eigenvalue weighted by Crippen LogP contribution is 2.25. The summed E-state index contributed by atoms with van der Waals surface area (Å²) >= 11 is 1.27. The summed E-state index contributed by atoms with van der Waals surface area (Å²) in [6.07, 6.45) is 1.80. The highest BCUT2D eigenvalue weighted by atomic mass is 32.2. The molecule has 5 nitrogen and oxygen atoms in total. The lowest BCUT2D eigenvalue weighted by Gasteiger charge is -2.18. The maximum absolute atomic E-state index is 12.2. The van der Waals surface area contributed by atoms with Gasteiger partial charge in [-0.1, -0.05) is 17.8 Å². The number of hydrogen-bond donors (Lipinski definition) is 1. The SMILES string of the molecule is COc1cccc(N2CCN(C(=N)SC)C2=O)c1. The van der Waals surface area contributed by atoms with E-state index in [1.54, 1.807) is 18.3 Å². The molecule has 1 heterocycles. The Morgan fingerprint density at radius 1 is 1.44 bits per heavy atom. The molecule has 6 heteroatoms. The molecule has 18 heavy (non-hydrogen) atoms. The molecule has 0 radical (unpaired) electrons. The molecular weight excluding hydrogens is 250 g/mol. The lowest BCUT2D eigenvalue weighted by atomic mass is 10.3. The summed E-state index contributed by atoms with van der Waals surface area (Å²) in [5.41, 5.74) is 0.802. The Balaban J connectivity index is 2.20. The molecule has 2 rings (SSSR count). The van der Waals surface area contributed by atoms with Gasteiger partial charge in [-0.3, -0.25) is 15.2 Å². The molecule has 0 atom stereocenters. The van der Waals surface area contributed by atoms with Gasteiger partial charge in [-0.2, -0.15) is 0 Å². The van der Waals surface area contributed by atoms with Crippen LogP contribution < -0.4 is 9.64 Å². The number of nitrogens with zero attached hydrogens (tertiary/aromatic N) is 2. The topological polar surface area (TPSA) is 56.6 Å². The first-order valence-electron chi connectivity index (χ1n) is 5.53. The van der Waals surface area contributed by atoms with Gasteiger partial charge in [-0.15, -0.1) is 0 Å². The fourth-order valence-electron chi connectivity index (χ4n) is 1.85. The molecule has 1 N–H and O–H groups in total. The summed E-state index contributed by atoms with van der Waals surface area (Å²) in [5, 5.41) is 8.00. The van der Waals surface area contributed by atoms with Crippen LogP contribution in [0.3, 0.4) is 0 Å². The van der Waals surface area contributed by atoms with E-state index in [0.29, 0.717) is 13.1 Å². The van der Waals surface area contributed by atoms with Gasteiger partial charge in [0.15, 0.2) is 5.17 Å². The maximum atomic E-state index is 12.2. The largest absolute Gasteiger partial charge is 0.497 e. The zero-order valence-corrected chi connectivity index (χ0v) is 11.2. The molecule has 1 aromatic carbocycles. The smallest absolute Gasteiger partial charge is 0.330 e. The number of rotatable bonds is 2. The minimum Gasteiger partial charge on any atom is -0.497 e. The van der Waals surface area contributed by atoms with Crippen LogP contribution in [0.5, 0.6) is 5.75 Å². The lowest BCUT2D eigenvalue weighted by Crippen LogP contribution is -2.34. The molecule has 1 fully saturated rings. The van der Waals surface area contributed by atoms with Crippen molar-refractivity contribution in [2.75, 3.05) is 31.4 Å². The molecule has 2 amide bonds. The van der Waals surface area contributed by atoms with Crippen molar-refractivity contribution in [2.45, 2.75) is 0 Å². The van der Waals surface area contributed by atoms with Crippen LogP contribution in [0.1, 0.15) is 0 Å². The highest BCUT2D eigenvalue weighted by Gasteiger charge is 2.31. The molecule has 0 spiro atoms. The van der Waals surface area contributed by atoms with E-state index in [2.05, 4.69) is 0 Å². The molecule has 1 aromatic rings. The Hall–Kier alpha value is -1.69. The van der Waals surface area contributed by atoms with E-state index >= 15 is 0 Å². The van der Waals surface area contributed by atoms with Gasteiger partial charge >= 0.3 is 6.03 Å². The van der Waals surface area contributed by atoms with Crippen LogP contribution in [-0.2, 0) is 0 Å². The molecule has 96 valence electrons. The third-order valence-corrected chi connectivity index (χ3v) is 3.42. The van der Waals surface area contributed by atoms with Crippen LogP contribution in [0.2, 0.25) is 0 Å².